The Morgan fingerprint density at radius 1 is 0.882 bits per heavy atom. The van der Waals surface area contributed by atoms with Gasteiger partial charge < -0.3 is 15.1 Å². The van der Waals surface area contributed by atoms with E-state index < -0.39 is 40.8 Å². The maximum absolute atomic E-state index is 13.6. The average molecular weight is 483 g/mol. The third-order valence-electron chi connectivity index (χ3n) is 5.41. The summed E-state index contributed by atoms with van der Waals surface area (Å²) in [4.78, 5) is 39.7. The number of hydrogen-bond acceptors (Lipinski definition) is 3. The van der Waals surface area contributed by atoms with Gasteiger partial charge in [-0.05, 0) is 30.7 Å². The van der Waals surface area contributed by atoms with Crippen LogP contribution in [0.1, 0.15) is 39.1 Å². The van der Waals surface area contributed by atoms with E-state index in [2.05, 4.69) is 5.32 Å². The number of nitrogens with one attached hydrogen (secondary N) is 1. The summed E-state index contributed by atoms with van der Waals surface area (Å²) < 4.78 is 66.1. The third kappa shape index (κ3) is 6.09. The summed E-state index contributed by atoms with van der Waals surface area (Å²) in [7, 11) is 0. The van der Waals surface area contributed by atoms with Gasteiger partial charge in [0, 0.05) is 45.2 Å². The number of amides is 3. The van der Waals surface area contributed by atoms with Crippen molar-refractivity contribution in [1.29, 1.82) is 0 Å². The first-order chi connectivity index (χ1) is 16.1. The first-order valence-corrected chi connectivity index (χ1v) is 10.5. The van der Waals surface area contributed by atoms with Crippen LogP contribution in [0.2, 0.25) is 0 Å². The van der Waals surface area contributed by atoms with Crippen molar-refractivity contribution in [3.05, 3.63) is 70.8 Å². The maximum Gasteiger partial charge on any atom is 0.417 e. The molecule has 11 heteroatoms. The molecule has 1 fully saturated rings. The largest absolute Gasteiger partial charge is 0.417 e. The summed E-state index contributed by atoms with van der Waals surface area (Å²) in [5, 5.41) is 2.46. The molecular formula is C23H22F5N3O3. The molecule has 1 N–H and O–H groups in total. The smallest absolute Gasteiger partial charge is 0.352 e. The predicted octanol–water partition coefficient (Wildman–Crippen LogP) is 3.48. The first-order valence-electron chi connectivity index (χ1n) is 10.5. The molecule has 0 aromatic heterocycles. The number of halogens is 5. The van der Waals surface area contributed by atoms with Crippen molar-refractivity contribution >= 4 is 17.7 Å². The van der Waals surface area contributed by atoms with E-state index in [4.69, 9.17) is 0 Å². The van der Waals surface area contributed by atoms with Crippen LogP contribution in [0.25, 0.3) is 0 Å². The Hall–Kier alpha value is -3.50. The summed E-state index contributed by atoms with van der Waals surface area (Å²) in [6.07, 6.45) is -4.30. The molecule has 0 aliphatic carbocycles. The van der Waals surface area contributed by atoms with E-state index in [-0.39, 0.29) is 57.0 Å². The zero-order valence-electron chi connectivity index (χ0n) is 18.0. The Morgan fingerprint density at radius 3 is 2.18 bits per heavy atom. The normalized spacial score (nSPS) is 14.1. The highest BCUT2D eigenvalue weighted by molar-refractivity contribution is 5.96. The van der Waals surface area contributed by atoms with Crippen LogP contribution in [-0.2, 0) is 11.0 Å². The van der Waals surface area contributed by atoms with Gasteiger partial charge in [-0.3, -0.25) is 14.4 Å². The van der Waals surface area contributed by atoms with Crippen molar-refractivity contribution < 1.29 is 36.3 Å². The van der Waals surface area contributed by atoms with Crippen LogP contribution < -0.4 is 5.32 Å². The molecule has 1 saturated heterocycles. The lowest BCUT2D eigenvalue weighted by molar-refractivity contribution is -0.138. The molecule has 0 radical (unpaired) electrons. The van der Waals surface area contributed by atoms with Gasteiger partial charge >= 0.3 is 6.18 Å². The molecule has 2 aromatic carbocycles. The summed E-state index contributed by atoms with van der Waals surface area (Å²) >= 11 is 0. The Balaban J connectivity index is 1.44. The molecule has 0 unspecified atom stereocenters. The lowest BCUT2D eigenvalue weighted by Gasteiger charge is -2.35. The summed E-state index contributed by atoms with van der Waals surface area (Å²) in [5.74, 6) is -3.48. The average Bonchev–Trinajstić information content (AvgIpc) is 2.80. The van der Waals surface area contributed by atoms with E-state index in [1.54, 1.807) is 0 Å². The highest BCUT2D eigenvalue weighted by Gasteiger charge is 2.36. The van der Waals surface area contributed by atoms with Gasteiger partial charge in [0.2, 0.25) is 5.91 Å². The molecule has 0 atom stereocenters. The molecule has 182 valence electrons. The van der Waals surface area contributed by atoms with Gasteiger partial charge in [-0.15, -0.1) is 0 Å². The van der Waals surface area contributed by atoms with Gasteiger partial charge in [-0.2, -0.15) is 13.2 Å². The number of alkyl halides is 3. The predicted molar refractivity (Wildman–Crippen MR) is 112 cm³/mol. The number of piperazine rings is 1. The second-order valence-electron chi connectivity index (χ2n) is 7.70. The van der Waals surface area contributed by atoms with Crippen LogP contribution >= 0.6 is 0 Å². The monoisotopic (exact) mass is 483 g/mol. The van der Waals surface area contributed by atoms with Gasteiger partial charge in [0.05, 0.1) is 16.7 Å². The standard InChI is InChI=1S/C23H22F5N3O3/c24-15-7-8-17(19(25)14-15)21(33)29-9-3-6-20(32)30-10-12-31(13-11-30)22(34)16-4-1-2-5-18(16)23(26,27)28/h1-2,4-5,7-8,14H,3,6,9-13H2,(H,29,33). The van der Waals surface area contributed by atoms with E-state index in [9.17, 15) is 36.3 Å². The van der Waals surface area contributed by atoms with Crippen LogP contribution in [0.5, 0.6) is 0 Å². The fourth-order valence-corrected chi connectivity index (χ4v) is 3.61. The van der Waals surface area contributed by atoms with Gasteiger partial charge in [0.25, 0.3) is 11.8 Å². The topological polar surface area (TPSA) is 69.7 Å². The van der Waals surface area contributed by atoms with Gasteiger partial charge in [0.1, 0.15) is 11.6 Å². The van der Waals surface area contributed by atoms with E-state index in [0.717, 1.165) is 24.3 Å². The number of carbonyl (C=O) groups excluding carboxylic acids is 3. The van der Waals surface area contributed by atoms with Crippen LogP contribution in [0.3, 0.4) is 0 Å². The summed E-state index contributed by atoms with van der Waals surface area (Å²) in [5.41, 5.74) is -1.73. The Kier molecular flexibility index (Phi) is 7.85. The van der Waals surface area contributed by atoms with Crippen LogP contribution in [0.4, 0.5) is 22.0 Å². The molecule has 34 heavy (non-hydrogen) atoms. The van der Waals surface area contributed by atoms with Crippen molar-refractivity contribution in [1.82, 2.24) is 15.1 Å². The second-order valence-corrected chi connectivity index (χ2v) is 7.70. The molecule has 2 aromatic rings. The first kappa shape index (κ1) is 25.1. The minimum absolute atomic E-state index is 0.0804. The number of rotatable bonds is 6. The Morgan fingerprint density at radius 2 is 1.53 bits per heavy atom. The van der Waals surface area contributed by atoms with Crippen molar-refractivity contribution in [3.63, 3.8) is 0 Å². The van der Waals surface area contributed by atoms with Gasteiger partial charge in [0.15, 0.2) is 0 Å². The van der Waals surface area contributed by atoms with Crippen molar-refractivity contribution in [2.24, 2.45) is 0 Å². The van der Waals surface area contributed by atoms with E-state index >= 15 is 0 Å². The van der Waals surface area contributed by atoms with Crippen molar-refractivity contribution in [2.75, 3.05) is 32.7 Å². The molecule has 0 bridgehead atoms. The Labute approximate surface area is 192 Å². The number of nitrogens with zero attached hydrogens (tertiary/aromatic N) is 2. The fourth-order valence-electron chi connectivity index (χ4n) is 3.61. The molecule has 3 amide bonds. The molecule has 1 heterocycles. The van der Waals surface area contributed by atoms with Gasteiger partial charge in [-0.1, -0.05) is 12.1 Å². The summed E-state index contributed by atoms with van der Waals surface area (Å²) in [6.45, 7) is 0.626. The lowest BCUT2D eigenvalue weighted by Crippen LogP contribution is -2.50. The highest BCUT2D eigenvalue weighted by Crippen LogP contribution is 2.32. The van der Waals surface area contributed by atoms with Crippen LogP contribution in [-0.4, -0.2) is 60.2 Å². The minimum Gasteiger partial charge on any atom is -0.352 e. The SMILES string of the molecule is O=C(NCCCC(=O)N1CCN(C(=O)c2ccccc2C(F)(F)F)CC1)c1ccc(F)cc1F. The van der Waals surface area contributed by atoms with Crippen molar-refractivity contribution in [3.8, 4) is 0 Å². The second kappa shape index (κ2) is 10.6. The van der Waals surface area contributed by atoms with E-state index in [1.807, 2.05) is 0 Å². The molecule has 0 spiro atoms. The number of benzene rings is 2. The number of carbonyl (C=O) groups is 3. The number of hydrogen-bond donors (Lipinski definition) is 1. The van der Waals surface area contributed by atoms with Crippen molar-refractivity contribution in [2.45, 2.75) is 19.0 Å². The van der Waals surface area contributed by atoms with Gasteiger partial charge in [-0.25, -0.2) is 8.78 Å². The molecule has 6 nitrogen and oxygen atoms in total. The van der Waals surface area contributed by atoms with E-state index in [0.29, 0.717) is 6.07 Å². The maximum atomic E-state index is 13.6. The third-order valence-corrected chi connectivity index (χ3v) is 5.41. The minimum atomic E-state index is -4.65. The zero-order chi connectivity index (χ0) is 24.9. The molecule has 1 aliphatic heterocycles. The molecular weight excluding hydrogens is 461 g/mol. The molecule has 0 saturated carbocycles. The Bertz CT molecular complexity index is 1070. The fraction of sp³-hybridized carbons (Fsp3) is 0.348. The lowest BCUT2D eigenvalue weighted by atomic mass is 10.1. The molecule has 3 rings (SSSR count). The highest BCUT2D eigenvalue weighted by atomic mass is 19.4. The summed E-state index contributed by atoms with van der Waals surface area (Å²) in [6, 6.07) is 7.17. The van der Waals surface area contributed by atoms with Crippen LogP contribution in [0.15, 0.2) is 42.5 Å². The van der Waals surface area contributed by atoms with Crippen LogP contribution in [0, 0.1) is 11.6 Å². The zero-order valence-corrected chi connectivity index (χ0v) is 18.0. The van der Waals surface area contributed by atoms with E-state index in [1.165, 1.54) is 21.9 Å². The quantitative estimate of drug-likeness (QED) is 0.506. The molecule has 1 aliphatic rings.